The molecule has 1 aromatic rings. The Morgan fingerprint density at radius 1 is 1.53 bits per heavy atom. The molecule has 1 aliphatic rings. The van der Waals surface area contributed by atoms with Crippen LogP contribution in [0.15, 0.2) is 12.4 Å². The van der Waals surface area contributed by atoms with E-state index in [0.29, 0.717) is 17.8 Å². The van der Waals surface area contributed by atoms with Crippen LogP contribution in [0.4, 0.5) is 5.82 Å². The minimum atomic E-state index is 0.0968. The maximum absolute atomic E-state index is 5.70. The molecule has 0 aromatic carbocycles. The van der Waals surface area contributed by atoms with E-state index >= 15 is 0 Å². The van der Waals surface area contributed by atoms with Crippen LogP contribution in [0.3, 0.4) is 0 Å². The van der Waals surface area contributed by atoms with E-state index in [1.165, 1.54) is 0 Å². The lowest BCUT2D eigenvalue weighted by Gasteiger charge is -2.51. The van der Waals surface area contributed by atoms with Gasteiger partial charge in [-0.05, 0) is 13.3 Å². The number of nitrogens with zero attached hydrogens (tertiary/aromatic N) is 2. The van der Waals surface area contributed by atoms with Crippen LogP contribution in [-0.2, 0) is 4.74 Å². The van der Waals surface area contributed by atoms with Gasteiger partial charge in [0.05, 0.1) is 18.5 Å². The highest BCUT2D eigenvalue weighted by molar-refractivity contribution is 7.80. The SMILES string of the molecule is CCOC1CC(Nc2cnc(C(N)=S)cn2)C1(C)C. The molecule has 6 heteroatoms. The summed E-state index contributed by atoms with van der Waals surface area (Å²) < 4.78 is 5.70. The Kier molecular flexibility index (Phi) is 4.01. The second-order valence-corrected chi connectivity index (χ2v) is 5.79. The number of nitrogens with two attached hydrogens (primary N) is 1. The molecule has 1 aliphatic carbocycles. The Hall–Kier alpha value is -1.27. The fourth-order valence-corrected chi connectivity index (χ4v) is 2.43. The average molecular weight is 280 g/mol. The Morgan fingerprint density at radius 2 is 2.26 bits per heavy atom. The summed E-state index contributed by atoms with van der Waals surface area (Å²) in [6, 6.07) is 0.342. The van der Waals surface area contributed by atoms with Crippen molar-refractivity contribution in [1.29, 1.82) is 0 Å². The van der Waals surface area contributed by atoms with Crippen LogP contribution in [0, 0.1) is 5.41 Å². The zero-order valence-corrected chi connectivity index (χ0v) is 12.3. The lowest BCUT2D eigenvalue weighted by molar-refractivity contribution is -0.0976. The molecule has 0 bridgehead atoms. The van der Waals surface area contributed by atoms with Gasteiger partial charge in [0.15, 0.2) is 0 Å². The van der Waals surface area contributed by atoms with Crippen molar-refractivity contribution in [3.63, 3.8) is 0 Å². The predicted molar refractivity (Wildman–Crippen MR) is 79.1 cm³/mol. The van der Waals surface area contributed by atoms with E-state index in [9.17, 15) is 0 Å². The Labute approximate surface area is 119 Å². The third kappa shape index (κ3) is 2.84. The number of ether oxygens (including phenoxy) is 1. The van der Waals surface area contributed by atoms with Crippen molar-refractivity contribution in [2.45, 2.75) is 39.3 Å². The van der Waals surface area contributed by atoms with Gasteiger partial charge >= 0.3 is 0 Å². The molecule has 0 spiro atoms. The molecular formula is C13H20N4OS. The molecule has 0 aliphatic heterocycles. The number of aromatic nitrogens is 2. The zero-order chi connectivity index (χ0) is 14.0. The third-order valence-electron chi connectivity index (χ3n) is 3.77. The smallest absolute Gasteiger partial charge is 0.144 e. The monoisotopic (exact) mass is 280 g/mol. The van der Waals surface area contributed by atoms with Crippen LogP contribution in [-0.4, -0.2) is 33.7 Å². The van der Waals surface area contributed by atoms with Gasteiger partial charge in [0.25, 0.3) is 0 Å². The molecule has 1 fully saturated rings. The minimum absolute atomic E-state index is 0.0968. The molecular weight excluding hydrogens is 260 g/mol. The van der Waals surface area contributed by atoms with Gasteiger partial charge in [-0.25, -0.2) is 9.97 Å². The summed E-state index contributed by atoms with van der Waals surface area (Å²) >= 11 is 4.85. The summed E-state index contributed by atoms with van der Waals surface area (Å²) in [5, 5.41) is 3.39. The lowest BCUT2D eigenvalue weighted by Crippen LogP contribution is -2.58. The fraction of sp³-hybridized carbons (Fsp3) is 0.615. The van der Waals surface area contributed by atoms with E-state index in [0.717, 1.165) is 18.8 Å². The first-order chi connectivity index (χ1) is 8.95. The summed E-state index contributed by atoms with van der Waals surface area (Å²) in [6.07, 6.45) is 4.55. The first-order valence-corrected chi connectivity index (χ1v) is 6.86. The van der Waals surface area contributed by atoms with Gasteiger partial charge in [-0.2, -0.15) is 0 Å². The first kappa shape index (κ1) is 14.1. The van der Waals surface area contributed by atoms with Crippen molar-refractivity contribution >= 4 is 23.0 Å². The minimum Gasteiger partial charge on any atom is -0.388 e. The number of hydrogen-bond donors (Lipinski definition) is 2. The number of rotatable bonds is 5. The van der Waals surface area contributed by atoms with Gasteiger partial charge in [0.1, 0.15) is 16.5 Å². The molecule has 2 rings (SSSR count). The highest BCUT2D eigenvalue weighted by atomic mass is 32.1. The normalized spacial score (nSPS) is 24.6. The molecule has 2 atom stereocenters. The summed E-state index contributed by atoms with van der Waals surface area (Å²) in [4.78, 5) is 8.71. The first-order valence-electron chi connectivity index (χ1n) is 6.45. The van der Waals surface area contributed by atoms with Crippen molar-refractivity contribution in [3.05, 3.63) is 18.1 Å². The van der Waals surface area contributed by atoms with E-state index < -0.39 is 0 Å². The molecule has 1 saturated carbocycles. The van der Waals surface area contributed by atoms with E-state index in [2.05, 4.69) is 29.1 Å². The zero-order valence-electron chi connectivity index (χ0n) is 11.5. The van der Waals surface area contributed by atoms with Crippen molar-refractivity contribution in [2.75, 3.05) is 11.9 Å². The standard InChI is InChI=1S/C13H20N4OS/c1-4-18-10-5-9(13(10,2)3)17-11-7-15-8(6-16-11)12(14)19/h6-7,9-10H,4-5H2,1-3H3,(H2,14,19)(H,16,17). The number of anilines is 1. The van der Waals surface area contributed by atoms with Crippen molar-refractivity contribution in [1.82, 2.24) is 9.97 Å². The van der Waals surface area contributed by atoms with Gasteiger partial charge in [0, 0.05) is 18.1 Å². The quantitative estimate of drug-likeness (QED) is 0.800. The van der Waals surface area contributed by atoms with Crippen LogP contribution in [0.2, 0.25) is 0 Å². The summed E-state index contributed by atoms with van der Waals surface area (Å²) in [7, 11) is 0. The highest BCUT2D eigenvalue weighted by Gasteiger charge is 2.49. The topological polar surface area (TPSA) is 73.1 Å². The average Bonchev–Trinajstić information content (AvgIpc) is 2.38. The largest absolute Gasteiger partial charge is 0.388 e. The third-order valence-corrected chi connectivity index (χ3v) is 3.98. The molecule has 1 aromatic heterocycles. The molecule has 0 saturated heterocycles. The molecule has 104 valence electrons. The molecule has 0 amide bonds. The van der Waals surface area contributed by atoms with Gasteiger partial charge in [-0.1, -0.05) is 26.1 Å². The van der Waals surface area contributed by atoms with E-state index in [-0.39, 0.29) is 10.4 Å². The van der Waals surface area contributed by atoms with Crippen molar-refractivity contribution in [2.24, 2.45) is 11.1 Å². The highest BCUT2D eigenvalue weighted by Crippen LogP contribution is 2.44. The molecule has 5 nitrogen and oxygen atoms in total. The summed E-state index contributed by atoms with van der Waals surface area (Å²) in [5.41, 5.74) is 6.13. The van der Waals surface area contributed by atoms with Crippen LogP contribution < -0.4 is 11.1 Å². The fourth-order valence-electron chi connectivity index (χ4n) is 2.32. The van der Waals surface area contributed by atoms with Crippen LogP contribution in [0.25, 0.3) is 0 Å². The summed E-state index contributed by atoms with van der Waals surface area (Å²) in [5.74, 6) is 0.744. The number of hydrogen-bond acceptors (Lipinski definition) is 5. The van der Waals surface area contributed by atoms with E-state index in [4.69, 9.17) is 22.7 Å². The van der Waals surface area contributed by atoms with Crippen LogP contribution >= 0.6 is 12.2 Å². The summed E-state index contributed by atoms with van der Waals surface area (Å²) in [6.45, 7) is 7.18. The maximum Gasteiger partial charge on any atom is 0.144 e. The lowest BCUT2D eigenvalue weighted by atomic mass is 9.64. The van der Waals surface area contributed by atoms with Crippen molar-refractivity contribution in [3.8, 4) is 0 Å². The molecule has 1 heterocycles. The Morgan fingerprint density at radius 3 is 2.74 bits per heavy atom. The van der Waals surface area contributed by atoms with Gasteiger partial charge in [0.2, 0.25) is 0 Å². The van der Waals surface area contributed by atoms with Gasteiger partial charge < -0.3 is 15.8 Å². The molecule has 0 radical (unpaired) electrons. The molecule has 3 N–H and O–H groups in total. The van der Waals surface area contributed by atoms with Crippen molar-refractivity contribution < 1.29 is 4.74 Å². The maximum atomic E-state index is 5.70. The predicted octanol–water partition coefficient (Wildman–Crippen LogP) is 1.73. The number of thiocarbonyl (C=S) groups is 1. The van der Waals surface area contributed by atoms with E-state index in [1.807, 2.05) is 6.92 Å². The Balaban J connectivity index is 1.97. The van der Waals surface area contributed by atoms with Gasteiger partial charge in [-0.3, -0.25) is 0 Å². The second-order valence-electron chi connectivity index (χ2n) is 5.35. The number of nitrogens with one attached hydrogen (secondary N) is 1. The van der Waals surface area contributed by atoms with Crippen LogP contribution in [0.1, 0.15) is 32.9 Å². The van der Waals surface area contributed by atoms with E-state index in [1.54, 1.807) is 12.4 Å². The molecule has 2 unspecified atom stereocenters. The second kappa shape index (κ2) is 5.38. The molecule has 19 heavy (non-hydrogen) atoms. The van der Waals surface area contributed by atoms with Crippen LogP contribution in [0.5, 0.6) is 0 Å². The Bertz CT molecular complexity index is 460. The van der Waals surface area contributed by atoms with Gasteiger partial charge in [-0.15, -0.1) is 0 Å².